The third-order valence-electron chi connectivity index (χ3n) is 2.94. The summed E-state index contributed by atoms with van der Waals surface area (Å²) in [4.78, 5) is 13.4. The molecule has 4 nitrogen and oxygen atoms in total. The summed E-state index contributed by atoms with van der Waals surface area (Å²) in [7, 11) is 1.73. The largest absolute Gasteiger partial charge is 0.483 e. The average molecular weight is 286 g/mol. The van der Waals surface area contributed by atoms with Gasteiger partial charge in [0, 0.05) is 23.7 Å². The molecule has 0 aliphatic heterocycles. The molecule has 0 radical (unpaired) electrons. The molecule has 0 saturated heterocycles. The molecule has 1 aromatic carbocycles. The van der Waals surface area contributed by atoms with Gasteiger partial charge in [-0.2, -0.15) is 0 Å². The number of benzene rings is 1. The molecule has 1 aromatic rings. The maximum Gasteiger partial charge on any atom is 0.260 e. The van der Waals surface area contributed by atoms with E-state index in [4.69, 9.17) is 16.3 Å². The summed E-state index contributed by atoms with van der Waals surface area (Å²) in [6, 6.07) is 5.09. The van der Waals surface area contributed by atoms with Crippen LogP contribution in [-0.4, -0.2) is 35.6 Å². The number of likely N-dealkylation sites (N-methyl/N-ethyl adjacent to an activating group) is 1. The molecule has 0 aromatic heterocycles. The molecule has 0 saturated carbocycles. The van der Waals surface area contributed by atoms with Crippen LogP contribution in [0.5, 0.6) is 5.75 Å². The third kappa shape index (κ3) is 4.40. The lowest BCUT2D eigenvalue weighted by Crippen LogP contribution is -2.36. The molecule has 0 fully saturated rings. The number of hydrogen-bond donors (Lipinski definition) is 1. The zero-order valence-electron chi connectivity index (χ0n) is 11.7. The maximum atomic E-state index is 11.8. The summed E-state index contributed by atoms with van der Waals surface area (Å²) < 4.78 is 5.48. The Balaban J connectivity index is 2.75. The lowest BCUT2D eigenvalue weighted by Gasteiger charge is -2.22. The van der Waals surface area contributed by atoms with Crippen molar-refractivity contribution in [3.8, 4) is 5.75 Å². The van der Waals surface area contributed by atoms with Gasteiger partial charge in [-0.15, -0.1) is 0 Å². The Morgan fingerprint density at radius 2 is 2.05 bits per heavy atom. The Bertz CT molecular complexity index is 446. The molecule has 0 heterocycles. The summed E-state index contributed by atoms with van der Waals surface area (Å²) in [6.07, 6.45) is -0.702. The maximum absolute atomic E-state index is 11.8. The van der Waals surface area contributed by atoms with Gasteiger partial charge in [0.2, 0.25) is 0 Å². The molecule has 1 rings (SSSR count). The van der Waals surface area contributed by atoms with Crippen molar-refractivity contribution in [1.82, 2.24) is 4.90 Å². The van der Waals surface area contributed by atoms with E-state index < -0.39 is 6.10 Å². The predicted octanol–water partition coefficient (Wildman–Crippen LogP) is 2.64. The fraction of sp³-hybridized carbons (Fsp3) is 0.500. The van der Waals surface area contributed by atoms with Crippen LogP contribution < -0.4 is 4.74 Å². The summed E-state index contributed by atoms with van der Waals surface area (Å²) >= 11 is 5.87. The number of aliphatic hydroxyl groups is 1. The minimum atomic E-state index is -0.702. The fourth-order valence-electron chi connectivity index (χ4n) is 1.51. The summed E-state index contributed by atoms with van der Waals surface area (Å²) in [6.45, 7) is 5.43. The van der Waals surface area contributed by atoms with E-state index in [1.807, 2.05) is 13.8 Å². The van der Waals surface area contributed by atoms with Crippen molar-refractivity contribution < 1.29 is 14.6 Å². The second-order valence-corrected chi connectivity index (χ2v) is 5.18. The van der Waals surface area contributed by atoms with E-state index in [0.29, 0.717) is 16.3 Å². The molecule has 106 valence electrons. The first-order chi connectivity index (χ1) is 8.82. The Labute approximate surface area is 118 Å². The van der Waals surface area contributed by atoms with E-state index in [-0.39, 0.29) is 18.6 Å². The first-order valence-corrected chi connectivity index (χ1v) is 6.56. The van der Waals surface area contributed by atoms with Crippen molar-refractivity contribution in [1.29, 1.82) is 0 Å². The van der Waals surface area contributed by atoms with Crippen molar-refractivity contribution in [3.63, 3.8) is 0 Å². The number of carbonyl (C=O) groups excluding carboxylic acids is 1. The van der Waals surface area contributed by atoms with Gasteiger partial charge < -0.3 is 14.7 Å². The molecule has 0 bridgehead atoms. The number of nitrogens with zero attached hydrogens (tertiary/aromatic N) is 1. The van der Waals surface area contributed by atoms with E-state index in [9.17, 15) is 9.90 Å². The monoisotopic (exact) mass is 285 g/mol. The second kappa shape index (κ2) is 6.78. The summed E-state index contributed by atoms with van der Waals surface area (Å²) in [5, 5.41) is 10.2. The van der Waals surface area contributed by atoms with Crippen molar-refractivity contribution >= 4 is 17.5 Å². The van der Waals surface area contributed by atoms with Crippen LogP contribution in [0, 0.1) is 0 Å². The Kier molecular flexibility index (Phi) is 5.63. The number of rotatable bonds is 5. The third-order valence-corrected chi connectivity index (χ3v) is 3.18. The molecule has 1 atom stereocenters. The first-order valence-electron chi connectivity index (χ1n) is 6.19. The number of ether oxygens (including phenoxy) is 1. The smallest absolute Gasteiger partial charge is 0.260 e. The van der Waals surface area contributed by atoms with Crippen molar-refractivity contribution in [2.45, 2.75) is 32.9 Å². The minimum absolute atomic E-state index is 0.0595. The molecular weight excluding hydrogens is 266 g/mol. The topological polar surface area (TPSA) is 49.8 Å². The van der Waals surface area contributed by atoms with E-state index in [0.717, 1.165) is 0 Å². The number of halogens is 1. The summed E-state index contributed by atoms with van der Waals surface area (Å²) in [5.74, 6) is 0.367. The minimum Gasteiger partial charge on any atom is -0.483 e. The van der Waals surface area contributed by atoms with Crippen LogP contribution in [0.2, 0.25) is 5.02 Å². The first kappa shape index (κ1) is 15.8. The predicted molar refractivity (Wildman–Crippen MR) is 75.5 cm³/mol. The number of amides is 1. The SMILES string of the molecule is CC(O)c1cc(Cl)ccc1OCC(=O)N(C)C(C)C. The Hall–Kier alpha value is -1.26. The van der Waals surface area contributed by atoms with Gasteiger partial charge in [-0.05, 0) is 39.0 Å². The van der Waals surface area contributed by atoms with Gasteiger partial charge in [-0.1, -0.05) is 11.6 Å². The fourth-order valence-corrected chi connectivity index (χ4v) is 1.69. The zero-order chi connectivity index (χ0) is 14.6. The zero-order valence-corrected chi connectivity index (χ0v) is 12.4. The molecule has 1 amide bonds. The van der Waals surface area contributed by atoms with Gasteiger partial charge in [-0.3, -0.25) is 4.79 Å². The molecule has 0 spiro atoms. The molecule has 5 heteroatoms. The van der Waals surface area contributed by atoms with Crippen LogP contribution in [0.3, 0.4) is 0 Å². The van der Waals surface area contributed by atoms with Crippen molar-refractivity contribution in [2.75, 3.05) is 13.7 Å². The highest BCUT2D eigenvalue weighted by Crippen LogP contribution is 2.28. The van der Waals surface area contributed by atoms with Crippen molar-refractivity contribution in [2.24, 2.45) is 0 Å². The van der Waals surface area contributed by atoms with E-state index in [2.05, 4.69) is 0 Å². The number of hydrogen-bond acceptors (Lipinski definition) is 3. The van der Waals surface area contributed by atoms with Gasteiger partial charge in [0.25, 0.3) is 5.91 Å². The van der Waals surface area contributed by atoms with Crippen LogP contribution >= 0.6 is 11.6 Å². The Morgan fingerprint density at radius 1 is 1.42 bits per heavy atom. The molecular formula is C14H20ClNO3. The van der Waals surface area contributed by atoms with E-state index in [1.165, 1.54) is 0 Å². The normalized spacial score (nSPS) is 12.4. The Morgan fingerprint density at radius 3 is 2.58 bits per heavy atom. The van der Waals surface area contributed by atoms with Crippen LogP contribution in [0.25, 0.3) is 0 Å². The van der Waals surface area contributed by atoms with Gasteiger partial charge in [-0.25, -0.2) is 0 Å². The molecule has 1 N–H and O–H groups in total. The molecule has 19 heavy (non-hydrogen) atoms. The van der Waals surface area contributed by atoms with Gasteiger partial charge in [0.1, 0.15) is 5.75 Å². The summed E-state index contributed by atoms with van der Waals surface area (Å²) in [5.41, 5.74) is 0.576. The lowest BCUT2D eigenvalue weighted by molar-refractivity contribution is -0.133. The van der Waals surface area contributed by atoms with E-state index >= 15 is 0 Å². The standard InChI is InChI=1S/C14H20ClNO3/c1-9(2)16(4)14(18)8-19-13-6-5-11(15)7-12(13)10(3)17/h5-7,9-10,17H,8H2,1-4H3. The quantitative estimate of drug-likeness (QED) is 0.905. The van der Waals surface area contributed by atoms with Gasteiger partial charge in [0.05, 0.1) is 6.10 Å². The highest BCUT2D eigenvalue weighted by molar-refractivity contribution is 6.30. The van der Waals surface area contributed by atoms with Crippen LogP contribution in [0.1, 0.15) is 32.4 Å². The highest BCUT2D eigenvalue weighted by Gasteiger charge is 2.15. The number of aliphatic hydroxyl groups excluding tert-OH is 1. The van der Waals surface area contributed by atoms with E-state index in [1.54, 1.807) is 37.1 Å². The molecule has 0 aliphatic rings. The van der Waals surface area contributed by atoms with Gasteiger partial charge >= 0.3 is 0 Å². The van der Waals surface area contributed by atoms with Crippen molar-refractivity contribution in [3.05, 3.63) is 28.8 Å². The second-order valence-electron chi connectivity index (χ2n) is 4.75. The van der Waals surface area contributed by atoms with Crippen LogP contribution in [0.4, 0.5) is 0 Å². The molecule has 1 unspecified atom stereocenters. The van der Waals surface area contributed by atoms with Crippen LogP contribution in [-0.2, 0) is 4.79 Å². The van der Waals surface area contributed by atoms with Gasteiger partial charge in [0.15, 0.2) is 6.61 Å². The molecule has 0 aliphatic carbocycles. The highest BCUT2D eigenvalue weighted by atomic mass is 35.5. The average Bonchev–Trinajstić information content (AvgIpc) is 2.35. The number of carbonyl (C=O) groups is 1. The van der Waals surface area contributed by atoms with Crippen LogP contribution in [0.15, 0.2) is 18.2 Å². The lowest BCUT2D eigenvalue weighted by atomic mass is 10.1.